The number of fused-ring (bicyclic) bond motifs is 2. The molecule has 0 saturated heterocycles. The van der Waals surface area contributed by atoms with Gasteiger partial charge < -0.3 is 20.5 Å². The van der Waals surface area contributed by atoms with Gasteiger partial charge in [0.05, 0.1) is 13.2 Å². The summed E-state index contributed by atoms with van der Waals surface area (Å²) in [6.07, 6.45) is 3.75. The second-order valence-corrected chi connectivity index (χ2v) is 6.74. The SMILES string of the molecule is Nc1nc2c(c(C(=O)N3CCOc4ccc(CO)cc4C3)n1)CCCC2. The first-order valence-corrected chi connectivity index (χ1v) is 8.95. The van der Waals surface area contributed by atoms with E-state index in [0.717, 1.165) is 53.8 Å². The number of carbonyl (C=O) groups is 1. The van der Waals surface area contributed by atoms with Gasteiger partial charge in [0.1, 0.15) is 18.1 Å². The highest BCUT2D eigenvalue weighted by atomic mass is 16.5. The summed E-state index contributed by atoms with van der Waals surface area (Å²) >= 11 is 0. The van der Waals surface area contributed by atoms with Crippen molar-refractivity contribution in [1.29, 1.82) is 0 Å². The van der Waals surface area contributed by atoms with Gasteiger partial charge in [-0.15, -0.1) is 0 Å². The molecule has 3 N–H and O–H groups in total. The maximum atomic E-state index is 13.2. The lowest BCUT2D eigenvalue weighted by molar-refractivity contribution is 0.0725. The minimum atomic E-state index is -0.136. The number of nitrogen functional groups attached to an aromatic ring is 1. The van der Waals surface area contributed by atoms with Crippen LogP contribution in [0.25, 0.3) is 0 Å². The number of rotatable bonds is 2. The smallest absolute Gasteiger partial charge is 0.273 e. The van der Waals surface area contributed by atoms with Crippen molar-refractivity contribution >= 4 is 11.9 Å². The number of carbonyl (C=O) groups excluding carboxylic acids is 1. The Bertz CT molecular complexity index is 853. The number of anilines is 1. The lowest BCUT2D eigenvalue weighted by Crippen LogP contribution is -2.34. The normalized spacial score (nSPS) is 16.3. The third-order valence-electron chi connectivity index (χ3n) is 4.98. The molecule has 0 radical (unpaired) electrons. The van der Waals surface area contributed by atoms with Crippen LogP contribution in [0.4, 0.5) is 5.95 Å². The van der Waals surface area contributed by atoms with Crippen LogP contribution in [0, 0.1) is 0 Å². The first kappa shape index (κ1) is 16.8. The summed E-state index contributed by atoms with van der Waals surface area (Å²) in [6.45, 7) is 1.26. The molecular formula is C19H22N4O3. The molecule has 26 heavy (non-hydrogen) atoms. The Hall–Kier alpha value is -2.67. The topological polar surface area (TPSA) is 102 Å². The van der Waals surface area contributed by atoms with E-state index in [9.17, 15) is 9.90 Å². The molecule has 0 unspecified atom stereocenters. The molecule has 1 aromatic heterocycles. The van der Waals surface area contributed by atoms with Crippen LogP contribution in [0.2, 0.25) is 0 Å². The summed E-state index contributed by atoms with van der Waals surface area (Å²) in [6, 6.07) is 5.56. The zero-order valence-electron chi connectivity index (χ0n) is 14.6. The molecule has 2 aliphatic rings. The van der Waals surface area contributed by atoms with E-state index in [0.29, 0.717) is 25.4 Å². The maximum Gasteiger partial charge on any atom is 0.273 e. The predicted octanol–water partition coefficient (Wildman–Crippen LogP) is 1.46. The highest BCUT2D eigenvalue weighted by molar-refractivity contribution is 5.94. The molecule has 1 aliphatic heterocycles. The first-order chi connectivity index (χ1) is 12.7. The molecule has 2 aromatic rings. The van der Waals surface area contributed by atoms with Crippen LogP contribution in [0.3, 0.4) is 0 Å². The van der Waals surface area contributed by atoms with E-state index in [-0.39, 0.29) is 18.5 Å². The number of aryl methyl sites for hydroxylation is 1. The van der Waals surface area contributed by atoms with Gasteiger partial charge in [-0.05, 0) is 43.4 Å². The number of ether oxygens (including phenoxy) is 1. The van der Waals surface area contributed by atoms with E-state index in [2.05, 4.69) is 9.97 Å². The molecule has 0 bridgehead atoms. The number of nitrogens with zero attached hydrogens (tertiary/aromatic N) is 3. The third kappa shape index (κ3) is 3.10. The second kappa shape index (κ2) is 6.92. The number of benzene rings is 1. The van der Waals surface area contributed by atoms with E-state index >= 15 is 0 Å². The molecule has 4 rings (SSSR count). The van der Waals surface area contributed by atoms with Gasteiger partial charge in [0.15, 0.2) is 0 Å². The molecule has 0 saturated carbocycles. The molecule has 7 heteroatoms. The number of hydrogen-bond acceptors (Lipinski definition) is 6. The van der Waals surface area contributed by atoms with Gasteiger partial charge in [-0.2, -0.15) is 0 Å². The monoisotopic (exact) mass is 354 g/mol. The average molecular weight is 354 g/mol. The van der Waals surface area contributed by atoms with E-state index in [1.165, 1.54) is 0 Å². The lowest BCUT2D eigenvalue weighted by atomic mass is 9.94. The zero-order chi connectivity index (χ0) is 18.1. The highest BCUT2D eigenvalue weighted by Gasteiger charge is 2.27. The van der Waals surface area contributed by atoms with Gasteiger partial charge in [-0.25, -0.2) is 9.97 Å². The second-order valence-electron chi connectivity index (χ2n) is 6.74. The van der Waals surface area contributed by atoms with Gasteiger partial charge >= 0.3 is 0 Å². The molecule has 0 fully saturated rings. The van der Waals surface area contributed by atoms with Crippen LogP contribution in [0.15, 0.2) is 18.2 Å². The number of aliphatic hydroxyl groups excluding tert-OH is 1. The fraction of sp³-hybridized carbons (Fsp3) is 0.421. The minimum Gasteiger partial charge on any atom is -0.491 e. The highest BCUT2D eigenvalue weighted by Crippen LogP contribution is 2.27. The van der Waals surface area contributed by atoms with Crippen molar-refractivity contribution in [1.82, 2.24) is 14.9 Å². The van der Waals surface area contributed by atoms with Crippen molar-refractivity contribution < 1.29 is 14.6 Å². The van der Waals surface area contributed by atoms with E-state index in [4.69, 9.17) is 10.5 Å². The van der Waals surface area contributed by atoms with Crippen molar-refractivity contribution in [2.75, 3.05) is 18.9 Å². The summed E-state index contributed by atoms with van der Waals surface area (Å²) < 4.78 is 5.77. The van der Waals surface area contributed by atoms with Crippen molar-refractivity contribution in [2.24, 2.45) is 0 Å². The zero-order valence-corrected chi connectivity index (χ0v) is 14.6. The predicted molar refractivity (Wildman–Crippen MR) is 95.7 cm³/mol. The molecule has 1 amide bonds. The Morgan fingerprint density at radius 1 is 1.27 bits per heavy atom. The maximum absolute atomic E-state index is 13.2. The summed E-state index contributed by atoms with van der Waals surface area (Å²) in [5.41, 5.74) is 9.80. The Morgan fingerprint density at radius 3 is 2.96 bits per heavy atom. The van der Waals surface area contributed by atoms with Gasteiger partial charge in [0.2, 0.25) is 5.95 Å². The van der Waals surface area contributed by atoms with Crippen LogP contribution in [0.5, 0.6) is 5.75 Å². The number of nitrogens with two attached hydrogens (primary N) is 1. The molecule has 2 heterocycles. The summed E-state index contributed by atoms with van der Waals surface area (Å²) in [5, 5.41) is 9.37. The van der Waals surface area contributed by atoms with Crippen LogP contribution >= 0.6 is 0 Å². The van der Waals surface area contributed by atoms with Gasteiger partial charge in [0, 0.05) is 23.4 Å². The lowest BCUT2D eigenvalue weighted by Gasteiger charge is -2.23. The molecule has 1 aliphatic carbocycles. The van der Waals surface area contributed by atoms with Crippen LogP contribution in [-0.2, 0) is 26.0 Å². The Kier molecular flexibility index (Phi) is 4.46. The molecule has 1 aromatic carbocycles. The van der Waals surface area contributed by atoms with Crippen molar-refractivity contribution in [3.05, 3.63) is 46.3 Å². The minimum absolute atomic E-state index is 0.0445. The Labute approximate surface area is 151 Å². The largest absolute Gasteiger partial charge is 0.491 e. The van der Waals surface area contributed by atoms with Crippen molar-refractivity contribution in [3.63, 3.8) is 0 Å². The van der Waals surface area contributed by atoms with Crippen LogP contribution < -0.4 is 10.5 Å². The van der Waals surface area contributed by atoms with E-state index in [1.807, 2.05) is 18.2 Å². The van der Waals surface area contributed by atoms with E-state index < -0.39 is 0 Å². The van der Waals surface area contributed by atoms with Crippen molar-refractivity contribution in [3.8, 4) is 5.75 Å². The van der Waals surface area contributed by atoms with Gasteiger partial charge in [-0.1, -0.05) is 6.07 Å². The fourth-order valence-electron chi connectivity index (χ4n) is 3.66. The van der Waals surface area contributed by atoms with Crippen LogP contribution in [0.1, 0.15) is 45.7 Å². The molecule has 0 spiro atoms. The fourth-order valence-corrected chi connectivity index (χ4v) is 3.66. The standard InChI is InChI=1S/C19H22N4O3/c20-19-21-15-4-2-1-3-14(15)17(22-19)18(25)23-7-8-26-16-6-5-12(11-24)9-13(16)10-23/h5-6,9,24H,1-4,7-8,10-11H2,(H2,20,21,22). The number of hydrogen-bond donors (Lipinski definition) is 2. The number of aromatic nitrogens is 2. The summed E-state index contributed by atoms with van der Waals surface area (Å²) in [7, 11) is 0. The van der Waals surface area contributed by atoms with Gasteiger partial charge in [0.25, 0.3) is 5.91 Å². The van der Waals surface area contributed by atoms with E-state index in [1.54, 1.807) is 4.90 Å². The quantitative estimate of drug-likeness (QED) is 0.847. The number of amides is 1. The molecule has 0 atom stereocenters. The first-order valence-electron chi connectivity index (χ1n) is 8.95. The third-order valence-corrected chi connectivity index (χ3v) is 4.98. The summed E-state index contributed by atoms with van der Waals surface area (Å²) in [4.78, 5) is 23.6. The molecular weight excluding hydrogens is 332 g/mol. The van der Waals surface area contributed by atoms with Gasteiger partial charge in [-0.3, -0.25) is 4.79 Å². The molecule has 136 valence electrons. The molecule has 7 nitrogen and oxygen atoms in total. The number of aliphatic hydroxyl groups is 1. The Morgan fingerprint density at radius 2 is 2.12 bits per heavy atom. The van der Waals surface area contributed by atoms with Crippen LogP contribution in [-0.4, -0.2) is 39.0 Å². The average Bonchev–Trinajstić information content (AvgIpc) is 2.88. The van der Waals surface area contributed by atoms with Crippen molar-refractivity contribution in [2.45, 2.75) is 38.8 Å². The Balaban J connectivity index is 1.67. The summed E-state index contributed by atoms with van der Waals surface area (Å²) in [5.74, 6) is 0.771.